The fourth-order valence-electron chi connectivity index (χ4n) is 1.12. The summed E-state index contributed by atoms with van der Waals surface area (Å²) in [5.41, 5.74) is 0.897. The highest BCUT2D eigenvalue weighted by molar-refractivity contribution is 5.15. The second-order valence-electron chi connectivity index (χ2n) is 3.66. The molecular weight excluding hydrogens is 179 g/mol. The molecule has 1 aromatic carbocycles. The van der Waals surface area contributed by atoms with E-state index in [2.05, 4.69) is 13.8 Å². The summed E-state index contributed by atoms with van der Waals surface area (Å²) in [6, 6.07) is 6.53. The summed E-state index contributed by atoms with van der Waals surface area (Å²) < 4.78 is 18.2. The fourth-order valence-corrected chi connectivity index (χ4v) is 1.12. The molecule has 0 saturated heterocycles. The van der Waals surface area contributed by atoms with E-state index in [9.17, 15) is 4.39 Å². The van der Waals surface area contributed by atoms with Crippen molar-refractivity contribution < 1.29 is 9.13 Å². The highest BCUT2D eigenvalue weighted by Crippen LogP contribution is 2.07. The molecule has 14 heavy (non-hydrogen) atoms. The minimum atomic E-state index is -0.199. The van der Waals surface area contributed by atoms with Crippen molar-refractivity contribution >= 4 is 0 Å². The van der Waals surface area contributed by atoms with Crippen LogP contribution in [0, 0.1) is 11.7 Å². The Bertz CT molecular complexity index is 273. The van der Waals surface area contributed by atoms with Crippen LogP contribution in [0.25, 0.3) is 0 Å². The lowest BCUT2D eigenvalue weighted by atomic mass is 10.1. The zero-order valence-electron chi connectivity index (χ0n) is 8.79. The van der Waals surface area contributed by atoms with Gasteiger partial charge in [-0.25, -0.2) is 4.39 Å². The van der Waals surface area contributed by atoms with Crippen LogP contribution in [0.1, 0.15) is 25.8 Å². The summed E-state index contributed by atoms with van der Waals surface area (Å²) >= 11 is 0. The summed E-state index contributed by atoms with van der Waals surface area (Å²) in [4.78, 5) is 0. The monoisotopic (exact) mass is 196 g/mol. The predicted molar refractivity (Wildman–Crippen MR) is 55.5 cm³/mol. The van der Waals surface area contributed by atoms with Gasteiger partial charge >= 0.3 is 0 Å². The molecule has 0 fully saturated rings. The molecule has 1 aromatic rings. The van der Waals surface area contributed by atoms with Crippen LogP contribution in [0.4, 0.5) is 4.39 Å². The van der Waals surface area contributed by atoms with Gasteiger partial charge in [0.1, 0.15) is 5.82 Å². The van der Waals surface area contributed by atoms with Crippen LogP contribution in [0.3, 0.4) is 0 Å². The lowest BCUT2D eigenvalue weighted by Gasteiger charge is -2.09. The number of rotatable bonds is 5. The Morgan fingerprint density at radius 1 is 1.43 bits per heavy atom. The van der Waals surface area contributed by atoms with Gasteiger partial charge in [-0.3, -0.25) is 0 Å². The SMILES string of the molecule is CCC(C)COCc1cccc(F)c1. The molecule has 0 amide bonds. The molecule has 0 radical (unpaired) electrons. The third-order valence-corrected chi connectivity index (χ3v) is 2.26. The largest absolute Gasteiger partial charge is 0.376 e. The van der Waals surface area contributed by atoms with E-state index in [1.165, 1.54) is 12.1 Å². The van der Waals surface area contributed by atoms with Crippen LogP contribution >= 0.6 is 0 Å². The number of halogens is 1. The molecule has 0 heterocycles. The quantitative estimate of drug-likeness (QED) is 0.701. The van der Waals surface area contributed by atoms with E-state index >= 15 is 0 Å². The molecule has 0 aliphatic carbocycles. The zero-order valence-corrected chi connectivity index (χ0v) is 8.79. The maximum absolute atomic E-state index is 12.8. The molecule has 1 nitrogen and oxygen atoms in total. The molecule has 1 unspecified atom stereocenters. The first-order valence-electron chi connectivity index (χ1n) is 5.04. The summed E-state index contributed by atoms with van der Waals surface area (Å²) in [6.07, 6.45) is 1.11. The van der Waals surface area contributed by atoms with E-state index in [4.69, 9.17) is 4.74 Å². The minimum Gasteiger partial charge on any atom is -0.376 e. The lowest BCUT2D eigenvalue weighted by molar-refractivity contribution is 0.0909. The smallest absolute Gasteiger partial charge is 0.123 e. The van der Waals surface area contributed by atoms with Crippen molar-refractivity contribution in [3.63, 3.8) is 0 Å². The Labute approximate surface area is 84.9 Å². The van der Waals surface area contributed by atoms with Crippen molar-refractivity contribution in [3.8, 4) is 0 Å². The van der Waals surface area contributed by atoms with Crippen molar-refractivity contribution in [2.75, 3.05) is 6.61 Å². The lowest BCUT2D eigenvalue weighted by Crippen LogP contribution is -2.04. The molecule has 0 aromatic heterocycles. The van der Waals surface area contributed by atoms with E-state index in [1.807, 2.05) is 6.07 Å². The third-order valence-electron chi connectivity index (χ3n) is 2.26. The van der Waals surface area contributed by atoms with Crippen molar-refractivity contribution in [1.29, 1.82) is 0 Å². The molecule has 0 aliphatic rings. The number of benzene rings is 1. The number of ether oxygens (including phenoxy) is 1. The van der Waals surface area contributed by atoms with Crippen LogP contribution in [0.15, 0.2) is 24.3 Å². The van der Waals surface area contributed by atoms with Gasteiger partial charge in [0, 0.05) is 6.61 Å². The molecule has 0 bridgehead atoms. The fraction of sp³-hybridized carbons (Fsp3) is 0.500. The molecule has 1 rings (SSSR count). The van der Waals surface area contributed by atoms with Gasteiger partial charge < -0.3 is 4.74 Å². The van der Waals surface area contributed by atoms with E-state index in [-0.39, 0.29) is 5.82 Å². The maximum atomic E-state index is 12.8. The maximum Gasteiger partial charge on any atom is 0.123 e. The first kappa shape index (κ1) is 11.2. The Morgan fingerprint density at radius 3 is 2.86 bits per heavy atom. The zero-order chi connectivity index (χ0) is 10.4. The third kappa shape index (κ3) is 3.88. The van der Waals surface area contributed by atoms with Gasteiger partial charge in [0.25, 0.3) is 0 Å². The molecule has 0 spiro atoms. The Morgan fingerprint density at radius 2 is 2.21 bits per heavy atom. The van der Waals surface area contributed by atoms with Crippen LogP contribution in [-0.4, -0.2) is 6.61 Å². The molecular formula is C12H17FO. The second-order valence-corrected chi connectivity index (χ2v) is 3.66. The van der Waals surface area contributed by atoms with Gasteiger partial charge in [-0.2, -0.15) is 0 Å². The molecule has 0 aliphatic heterocycles. The van der Waals surface area contributed by atoms with E-state index in [0.717, 1.165) is 18.6 Å². The Balaban J connectivity index is 2.31. The van der Waals surface area contributed by atoms with Crippen LogP contribution < -0.4 is 0 Å². The highest BCUT2D eigenvalue weighted by atomic mass is 19.1. The van der Waals surface area contributed by atoms with Crippen LogP contribution in [0.5, 0.6) is 0 Å². The molecule has 0 saturated carbocycles. The predicted octanol–water partition coefficient (Wildman–Crippen LogP) is 3.39. The van der Waals surface area contributed by atoms with Crippen molar-refractivity contribution in [1.82, 2.24) is 0 Å². The average Bonchev–Trinajstić information content (AvgIpc) is 2.17. The summed E-state index contributed by atoms with van der Waals surface area (Å²) in [5.74, 6) is 0.373. The van der Waals surface area contributed by atoms with Crippen molar-refractivity contribution in [2.45, 2.75) is 26.9 Å². The van der Waals surface area contributed by atoms with Gasteiger partial charge in [-0.05, 0) is 23.6 Å². The molecule has 78 valence electrons. The standard InChI is InChI=1S/C12H17FO/c1-3-10(2)8-14-9-11-5-4-6-12(13)7-11/h4-7,10H,3,8-9H2,1-2H3. The minimum absolute atomic E-state index is 0.199. The van der Waals surface area contributed by atoms with E-state index < -0.39 is 0 Å². The average molecular weight is 196 g/mol. The topological polar surface area (TPSA) is 9.23 Å². The van der Waals surface area contributed by atoms with Crippen LogP contribution in [0.2, 0.25) is 0 Å². The van der Waals surface area contributed by atoms with E-state index in [1.54, 1.807) is 6.07 Å². The number of hydrogen-bond acceptors (Lipinski definition) is 1. The summed E-state index contributed by atoms with van der Waals surface area (Å²) in [6.45, 7) is 5.52. The number of hydrogen-bond donors (Lipinski definition) is 0. The highest BCUT2D eigenvalue weighted by Gasteiger charge is 1.99. The van der Waals surface area contributed by atoms with Gasteiger partial charge in [0.2, 0.25) is 0 Å². The van der Waals surface area contributed by atoms with Gasteiger partial charge in [0.15, 0.2) is 0 Å². The van der Waals surface area contributed by atoms with Gasteiger partial charge in [0.05, 0.1) is 6.61 Å². The molecule has 1 atom stereocenters. The van der Waals surface area contributed by atoms with Crippen molar-refractivity contribution in [2.24, 2.45) is 5.92 Å². The summed E-state index contributed by atoms with van der Waals surface area (Å²) in [5, 5.41) is 0. The summed E-state index contributed by atoms with van der Waals surface area (Å²) in [7, 11) is 0. The molecule has 0 N–H and O–H groups in total. The Hall–Kier alpha value is -0.890. The first-order valence-corrected chi connectivity index (χ1v) is 5.04. The Kier molecular flexibility index (Phi) is 4.60. The van der Waals surface area contributed by atoms with Gasteiger partial charge in [-0.1, -0.05) is 32.4 Å². The van der Waals surface area contributed by atoms with E-state index in [0.29, 0.717) is 12.5 Å². The normalized spacial score (nSPS) is 12.8. The van der Waals surface area contributed by atoms with Crippen molar-refractivity contribution in [3.05, 3.63) is 35.6 Å². The second kappa shape index (κ2) is 5.76. The first-order chi connectivity index (χ1) is 6.72. The van der Waals surface area contributed by atoms with Crippen LogP contribution in [-0.2, 0) is 11.3 Å². The molecule has 2 heteroatoms. The van der Waals surface area contributed by atoms with Gasteiger partial charge in [-0.15, -0.1) is 0 Å².